The third-order valence-electron chi connectivity index (χ3n) is 2.34. The highest BCUT2D eigenvalue weighted by atomic mass is 32.1. The summed E-state index contributed by atoms with van der Waals surface area (Å²) in [5, 5.41) is 23.6. The molecule has 0 fully saturated rings. The van der Waals surface area contributed by atoms with Crippen molar-refractivity contribution >= 4 is 22.5 Å². The molecule has 18 heavy (non-hydrogen) atoms. The van der Waals surface area contributed by atoms with Gasteiger partial charge in [-0.05, 0) is 26.7 Å². The Morgan fingerprint density at radius 3 is 2.78 bits per heavy atom. The number of urea groups is 1. The van der Waals surface area contributed by atoms with Crippen LogP contribution in [0.1, 0.15) is 38.6 Å². The lowest BCUT2D eigenvalue weighted by Gasteiger charge is -2.24. The number of carbonyl (C=O) groups excluding carboxylic acids is 1. The van der Waals surface area contributed by atoms with Crippen molar-refractivity contribution in [1.29, 1.82) is 0 Å². The van der Waals surface area contributed by atoms with Gasteiger partial charge in [-0.3, -0.25) is 5.32 Å². The minimum absolute atomic E-state index is 0.0345. The number of amides is 2. The molecule has 2 amide bonds. The van der Waals surface area contributed by atoms with E-state index in [9.17, 15) is 4.79 Å². The second-order valence-electron chi connectivity index (χ2n) is 4.69. The molecule has 0 aromatic carbocycles. The second-order valence-corrected chi connectivity index (χ2v) is 5.75. The van der Waals surface area contributed by atoms with Crippen LogP contribution in [0, 0.1) is 0 Å². The number of hydrogen-bond donors (Lipinski definition) is 3. The van der Waals surface area contributed by atoms with Crippen molar-refractivity contribution in [2.75, 3.05) is 11.9 Å². The average molecular weight is 272 g/mol. The first-order chi connectivity index (χ1) is 8.46. The molecule has 0 spiro atoms. The number of aliphatic hydroxyl groups excluding tert-OH is 1. The summed E-state index contributed by atoms with van der Waals surface area (Å²) in [6.45, 7) is 5.81. The van der Waals surface area contributed by atoms with Gasteiger partial charge in [-0.1, -0.05) is 18.3 Å². The minimum atomic E-state index is -0.449. The molecule has 6 nitrogen and oxygen atoms in total. The first-order valence-corrected chi connectivity index (χ1v) is 6.81. The van der Waals surface area contributed by atoms with Gasteiger partial charge in [0.05, 0.1) is 0 Å². The number of carbonyl (C=O) groups is 1. The van der Waals surface area contributed by atoms with Crippen LogP contribution in [0.15, 0.2) is 0 Å². The highest BCUT2D eigenvalue weighted by Gasteiger charge is 2.20. The number of aliphatic hydroxyl groups is 1. The maximum atomic E-state index is 11.7. The van der Waals surface area contributed by atoms with E-state index in [4.69, 9.17) is 5.11 Å². The number of hydrogen-bond acceptors (Lipinski definition) is 5. The Bertz CT molecular complexity index is 392. The predicted molar refractivity (Wildman–Crippen MR) is 71.8 cm³/mol. The van der Waals surface area contributed by atoms with Crippen molar-refractivity contribution < 1.29 is 9.90 Å². The summed E-state index contributed by atoms with van der Waals surface area (Å²) in [5.41, 5.74) is -0.449. The zero-order chi connectivity index (χ0) is 13.6. The monoisotopic (exact) mass is 272 g/mol. The number of aromatic nitrogens is 2. The Kier molecular flexibility index (Phi) is 5.49. The molecule has 0 unspecified atom stereocenters. The molecule has 0 aliphatic heterocycles. The van der Waals surface area contributed by atoms with Crippen LogP contribution in [0.25, 0.3) is 0 Å². The molecule has 1 aromatic heterocycles. The molecule has 102 valence electrons. The Labute approximate surface area is 111 Å². The van der Waals surface area contributed by atoms with Crippen LogP contribution >= 0.6 is 11.3 Å². The molecular formula is C11H20N4O2S. The van der Waals surface area contributed by atoms with Crippen LogP contribution in [0.5, 0.6) is 0 Å². The van der Waals surface area contributed by atoms with Gasteiger partial charge in [-0.25, -0.2) is 4.79 Å². The van der Waals surface area contributed by atoms with E-state index >= 15 is 0 Å². The van der Waals surface area contributed by atoms with E-state index in [0.29, 0.717) is 11.6 Å². The van der Waals surface area contributed by atoms with Crippen molar-refractivity contribution in [3.8, 4) is 0 Å². The van der Waals surface area contributed by atoms with Gasteiger partial charge < -0.3 is 10.4 Å². The number of aryl methyl sites for hydroxylation is 1. The second kappa shape index (κ2) is 6.65. The highest BCUT2D eigenvalue weighted by Crippen LogP contribution is 2.16. The molecule has 1 rings (SSSR count). The summed E-state index contributed by atoms with van der Waals surface area (Å²) in [6.07, 6.45) is 2.37. The molecule has 0 saturated carbocycles. The van der Waals surface area contributed by atoms with Crippen LogP contribution in [-0.2, 0) is 6.42 Å². The SMILES string of the molecule is CCCc1nnc(NC(=O)NC(C)(C)CCO)s1. The van der Waals surface area contributed by atoms with Gasteiger partial charge in [-0.15, -0.1) is 10.2 Å². The van der Waals surface area contributed by atoms with E-state index in [1.54, 1.807) is 0 Å². The van der Waals surface area contributed by atoms with Crippen molar-refractivity contribution in [2.24, 2.45) is 0 Å². The average Bonchev–Trinajstić information content (AvgIpc) is 2.64. The van der Waals surface area contributed by atoms with Crippen LogP contribution in [0.2, 0.25) is 0 Å². The normalized spacial score (nSPS) is 11.3. The number of nitrogens with zero attached hydrogens (tertiary/aromatic N) is 2. The smallest absolute Gasteiger partial charge is 0.321 e. The van der Waals surface area contributed by atoms with Crippen molar-refractivity contribution in [3.63, 3.8) is 0 Å². The number of anilines is 1. The van der Waals surface area contributed by atoms with E-state index in [0.717, 1.165) is 17.8 Å². The molecule has 0 atom stereocenters. The summed E-state index contributed by atoms with van der Waals surface area (Å²) in [6, 6.07) is -0.326. The van der Waals surface area contributed by atoms with E-state index in [1.165, 1.54) is 11.3 Å². The first-order valence-electron chi connectivity index (χ1n) is 5.99. The molecule has 1 aromatic rings. The van der Waals surface area contributed by atoms with Gasteiger partial charge in [0, 0.05) is 18.6 Å². The zero-order valence-corrected chi connectivity index (χ0v) is 11.8. The number of nitrogens with one attached hydrogen (secondary N) is 2. The largest absolute Gasteiger partial charge is 0.396 e. The molecule has 1 heterocycles. The molecule has 7 heteroatoms. The van der Waals surface area contributed by atoms with Gasteiger partial charge in [0.15, 0.2) is 0 Å². The van der Waals surface area contributed by atoms with Gasteiger partial charge in [-0.2, -0.15) is 0 Å². The summed E-state index contributed by atoms with van der Waals surface area (Å²) in [5.74, 6) is 0. The van der Waals surface area contributed by atoms with Crippen molar-refractivity contribution in [1.82, 2.24) is 15.5 Å². The standard InChI is InChI=1S/C11H20N4O2S/c1-4-5-8-14-15-10(18-8)12-9(17)13-11(2,3)6-7-16/h16H,4-7H2,1-3H3,(H2,12,13,15,17). The van der Waals surface area contributed by atoms with E-state index in [2.05, 4.69) is 27.8 Å². The molecule has 0 radical (unpaired) electrons. The third kappa shape index (κ3) is 4.97. The Morgan fingerprint density at radius 2 is 2.17 bits per heavy atom. The zero-order valence-electron chi connectivity index (χ0n) is 11.0. The molecule has 0 aliphatic rings. The molecular weight excluding hydrogens is 252 g/mol. The maximum Gasteiger partial charge on any atom is 0.321 e. The van der Waals surface area contributed by atoms with Crippen molar-refractivity contribution in [2.45, 2.75) is 45.6 Å². The highest BCUT2D eigenvalue weighted by molar-refractivity contribution is 7.15. The van der Waals surface area contributed by atoms with Gasteiger partial charge in [0.2, 0.25) is 5.13 Å². The van der Waals surface area contributed by atoms with Crippen LogP contribution in [-0.4, -0.2) is 33.5 Å². The Morgan fingerprint density at radius 1 is 1.44 bits per heavy atom. The van der Waals surface area contributed by atoms with E-state index in [1.807, 2.05) is 13.8 Å². The first kappa shape index (κ1) is 14.8. The maximum absolute atomic E-state index is 11.7. The predicted octanol–water partition coefficient (Wildman–Crippen LogP) is 1.77. The summed E-state index contributed by atoms with van der Waals surface area (Å²) in [7, 11) is 0. The van der Waals surface area contributed by atoms with Crippen LogP contribution in [0.4, 0.5) is 9.93 Å². The van der Waals surface area contributed by atoms with Crippen molar-refractivity contribution in [3.05, 3.63) is 5.01 Å². The van der Waals surface area contributed by atoms with Gasteiger partial charge >= 0.3 is 6.03 Å². The summed E-state index contributed by atoms with van der Waals surface area (Å²) < 4.78 is 0. The fraction of sp³-hybridized carbons (Fsp3) is 0.727. The fourth-order valence-corrected chi connectivity index (χ4v) is 2.23. The Balaban J connectivity index is 2.48. The quantitative estimate of drug-likeness (QED) is 0.736. The Hall–Kier alpha value is -1.21. The summed E-state index contributed by atoms with van der Waals surface area (Å²) in [4.78, 5) is 11.7. The third-order valence-corrected chi connectivity index (χ3v) is 3.24. The lowest BCUT2D eigenvalue weighted by atomic mass is 10.0. The van der Waals surface area contributed by atoms with E-state index in [-0.39, 0.29) is 12.6 Å². The lowest BCUT2D eigenvalue weighted by Crippen LogP contribution is -2.46. The van der Waals surface area contributed by atoms with Crippen LogP contribution < -0.4 is 10.6 Å². The van der Waals surface area contributed by atoms with Gasteiger partial charge in [0.1, 0.15) is 5.01 Å². The molecule has 0 bridgehead atoms. The molecule has 0 saturated heterocycles. The summed E-state index contributed by atoms with van der Waals surface area (Å²) >= 11 is 1.38. The number of rotatable bonds is 6. The van der Waals surface area contributed by atoms with Gasteiger partial charge in [0.25, 0.3) is 0 Å². The lowest BCUT2D eigenvalue weighted by molar-refractivity contribution is 0.218. The topological polar surface area (TPSA) is 87.1 Å². The van der Waals surface area contributed by atoms with E-state index < -0.39 is 5.54 Å². The fourth-order valence-electron chi connectivity index (χ4n) is 1.40. The minimum Gasteiger partial charge on any atom is -0.396 e. The molecule has 3 N–H and O–H groups in total. The van der Waals surface area contributed by atoms with Crippen LogP contribution in [0.3, 0.4) is 0 Å². The molecule has 0 aliphatic carbocycles.